The first kappa shape index (κ1) is 5.50. The second-order valence-electron chi connectivity index (χ2n) is 1.38. The first-order valence-corrected chi connectivity index (χ1v) is 3.09. The quantitative estimate of drug-likeness (QED) is 0.499. The summed E-state index contributed by atoms with van der Waals surface area (Å²) in [6.07, 6.45) is 1.51. The highest BCUT2D eigenvalue weighted by Gasteiger charge is 2.10. The molecular formula is C4H5NO2S. The molecule has 0 fully saturated rings. The van der Waals surface area contributed by atoms with Crippen molar-refractivity contribution in [2.45, 2.75) is 0 Å². The van der Waals surface area contributed by atoms with Crippen LogP contribution >= 0.6 is 11.9 Å². The van der Waals surface area contributed by atoms with Crippen molar-refractivity contribution in [2.75, 3.05) is 5.75 Å². The van der Waals surface area contributed by atoms with E-state index in [0.29, 0.717) is 11.3 Å². The average Bonchev–Trinajstić information content (AvgIpc) is 2.12. The second kappa shape index (κ2) is 2.09. The number of hydrogen-bond acceptors (Lipinski definition) is 3. The van der Waals surface area contributed by atoms with E-state index in [1.165, 1.54) is 18.1 Å². The van der Waals surface area contributed by atoms with Crippen LogP contribution in [0.1, 0.15) is 0 Å². The molecule has 1 heterocycles. The van der Waals surface area contributed by atoms with Gasteiger partial charge < -0.3 is 9.83 Å². The van der Waals surface area contributed by atoms with E-state index < -0.39 is 5.97 Å². The summed E-state index contributed by atoms with van der Waals surface area (Å²) in [5.41, 5.74) is 0.440. The maximum absolute atomic E-state index is 10.1. The second-order valence-corrected chi connectivity index (χ2v) is 2.19. The number of carboxylic acids is 1. The number of nitrogens with one attached hydrogen (secondary N) is 1. The predicted molar refractivity (Wildman–Crippen MR) is 31.3 cm³/mol. The van der Waals surface area contributed by atoms with Gasteiger partial charge in [0.2, 0.25) is 0 Å². The third-order valence-electron chi connectivity index (χ3n) is 0.819. The molecule has 1 aliphatic heterocycles. The Morgan fingerprint density at radius 1 is 2.00 bits per heavy atom. The summed E-state index contributed by atoms with van der Waals surface area (Å²) in [5, 5.41) is 8.29. The van der Waals surface area contributed by atoms with Gasteiger partial charge in [-0.1, -0.05) is 0 Å². The van der Waals surface area contributed by atoms with Gasteiger partial charge in [-0.15, -0.1) is 0 Å². The van der Waals surface area contributed by atoms with Crippen LogP contribution in [0.5, 0.6) is 0 Å². The Bertz CT molecular complexity index is 143. The zero-order chi connectivity index (χ0) is 5.98. The van der Waals surface area contributed by atoms with Crippen molar-refractivity contribution in [2.24, 2.45) is 0 Å². The van der Waals surface area contributed by atoms with Crippen LogP contribution in [-0.4, -0.2) is 16.8 Å². The lowest BCUT2D eigenvalue weighted by molar-refractivity contribution is -0.132. The normalized spacial score (nSPS) is 17.2. The van der Waals surface area contributed by atoms with Gasteiger partial charge >= 0.3 is 5.97 Å². The van der Waals surface area contributed by atoms with Gasteiger partial charge in [-0.3, -0.25) is 0 Å². The lowest BCUT2D eigenvalue weighted by Gasteiger charge is -1.84. The topological polar surface area (TPSA) is 49.3 Å². The Kier molecular flexibility index (Phi) is 1.43. The van der Waals surface area contributed by atoms with Crippen molar-refractivity contribution in [3.63, 3.8) is 0 Å². The fourth-order valence-electron chi connectivity index (χ4n) is 0.397. The fraction of sp³-hybridized carbons (Fsp3) is 0.250. The molecular weight excluding hydrogens is 126 g/mol. The van der Waals surface area contributed by atoms with Crippen molar-refractivity contribution >= 4 is 17.9 Å². The zero-order valence-corrected chi connectivity index (χ0v) is 4.86. The maximum atomic E-state index is 10.1. The highest BCUT2D eigenvalue weighted by atomic mass is 32.2. The van der Waals surface area contributed by atoms with Crippen LogP contribution in [0.3, 0.4) is 0 Å². The van der Waals surface area contributed by atoms with Gasteiger partial charge in [0, 0.05) is 12.0 Å². The van der Waals surface area contributed by atoms with Gasteiger partial charge in [0.05, 0.1) is 5.57 Å². The summed E-state index contributed by atoms with van der Waals surface area (Å²) in [4.78, 5) is 10.1. The van der Waals surface area contributed by atoms with Gasteiger partial charge in [0.1, 0.15) is 0 Å². The molecule has 0 saturated carbocycles. The Balaban J connectivity index is 2.57. The van der Waals surface area contributed by atoms with Gasteiger partial charge in [0.15, 0.2) is 0 Å². The molecule has 8 heavy (non-hydrogen) atoms. The number of carbonyl (C=O) groups is 1. The molecule has 0 spiro atoms. The van der Waals surface area contributed by atoms with Crippen LogP contribution in [0.15, 0.2) is 11.8 Å². The van der Waals surface area contributed by atoms with Crippen molar-refractivity contribution < 1.29 is 9.90 Å². The molecule has 4 heteroatoms. The summed E-state index contributed by atoms with van der Waals surface area (Å²) in [5.74, 6) is -0.266. The van der Waals surface area contributed by atoms with E-state index in [1.807, 2.05) is 0 Å². The minimum absolute atomic E-state index is 0.440. The predicted octanol–water partition coefficient (Wildman–Crippen LogP) is 0.206. The van der Waals surface area contributed by atoms with Gasteiger partial charge in [-0.2, -0.15) is 0 Å². The lowest BCUT2D eigenvalue weighted by atomic mass is 10.3. The van der Waals surface area contributed by atoms with E-state index in [1.54, 1.807) is 0 Å². The maximum Gasteiger partial charge on any atom is 0.333 e. The minimum atomic E-state index is -0.831. The minimum Gasteiger partial charge on any atom is -0.478 e. The summed E-state index contributed by atoms with van der Waals surface area (Å²) in [7, 11) is 0. The van der Waals surface area contributed by atoms with Crippen molar-refractivity contribution in [3.8, 4) is 0 Å². The number of hydrogen-bond donors (Lipinski definition) is 2. The first-order valence-electron chi connectivity index (χ1n) is 2.10. The van der Waals surface area contributed by atoms with Crippen LogP contribution in [0.2, 0.25) is 0 Å². The number of carboxylic acid groups (broad SMARTS) is 1. The molecule has 1 rings (SSSR count). The van der Waals surface area contributed by atoms with E-state index in [4.69, 9.17) is 5.11 Å². The summed E-state index contributed by atoms with van der Waals surface area (Å²) < 4.78 is 2.73. The molecule has 0 atom stereocenters. The molecule has 0 radical (unpaired) electrons. The van der Waals surface area contributed by atoms with Gasteiger partial charge in [0.25, 0.3) is 0 Å². The molecule has 0 bridgehead atoms. The van der Waals surface area contributed by atoms with Gasteiger partial charge in [-0.05, 0) is 11.9 Å². The van der Waals surface area contributed by atoms with E-state index in [0.717, 1.165) is 0 Å². The lowest BCUT2D eigenvalue weighted by Crippen LogP contribution is -1.98. The van der Waals surface area contributed by atoms with E-state index in [2.05, 4.69) is 4.72 Å². The summed E-state index contributed by atoms with van der Waals surface area (Å²) in [6, 6.07) is 0. The largest absolute Gasteiger partial charge is 0.478 e. The molecule has 0 aromatic carbocycles. The van der Waals surface area contributed by atoms with Crippen LogP contribution in [-0.2, 0) is 4.79 Å². The highest BCUT2D eigenvalue weighted by Crippen LogP contribution is 2.10. The molecule has 1 aliphatic rings. The Morgan fingerprint density at radius 3 is 3.00 bits per heavy atom. The third-order valence-corrected chi connectivity index (χ3v) is 1.56. The molecule has 0 saturated heterocycles. The van der Waals surface area contributed by atoms with Crippen LogP contribution in [0.25, 0.3) is 0 Å². The van der Waals surface area contributed by atoms with Crippen molar-refractivity contribution in [3.05, 3.63) is 11.8 Å². The molecule has 0 unspecified atom stereocenters. The van der Waals surface area contributed by atoms with E-state index in [9.17, 15) is 4.79 Å². The molecule has 3 nitrogen and oxygen atoms in total. The fourth-order valence-corrected chi connectivity index (χ4v) is 1.07. The third kappa shape index (κ3) is 0.949. The van der Waals surface area contributed by atoms with E-state index in [-0.39, 0.29) is 0 Å². The van der Waals surface area contributed by atoms with Crippen molar-refractivity contribution in [1.82, 2.24) is 4.72 Å². The Hall–Kier alpha value is -0.640. The van der Waals surface area contributed by atoms with E-state index >= 15 is 0 Å². The number of aliphatic carboxylic acids is 1. The SMILES string of the molecule is O=C(O)C1=CNSC1. The van der Waals surface area contributed by atoms with Crippen LogP contribution < -0.4 is 4.72 Å². The van der Waals surface area contributed by atoms with Gasteiger partial charge in [-0.25, -0.2) is 4.79 Å². The highest BCUT2D eigenvalue weighted by molar-refractivity contribution is 7.97. The van der Waals surface area contributed by atoms with Crippen molar-refractivity contribution in [1.29, 1.82) is 0 Å². The summed E-state index contributed by atoms with van der Waals surface area (Å²) >= 11 is 1.39. The average molecular weight is 131 g/mol. The number of rotatable bonds is 1. The smallest absolute Gasteiger partial charge is 0.333 e. The zero-order valence-electron chi connectivity index (χ0n) is 4.05. The van der Waals surface area contributed by atoms with Crippen LogP contribution in [0.4, 0.5) is 0 Å². The molecule has 0 amide bonds. The monoisotopic (exact) mass is 131 g/mol. The molecule has 0 aliphatic carbocycles. The molecule has 0 aromatic rings. The Morgan fingerprint density at radius 2 is 2.75 bits per heavy atom. The Labute approximate surface area is 50.9 Å². The molecule has 44 valence electrons. The first-order chi connectivity index (χ1) is 3.80. The molecule has 0 aromatic heterocycles. The summed E-state index contributed by atoms with van der Waals surface area (Å²) in [6.45, 7) is 0. The molecule has 2 N–H and O–H groups in total. The van der Waals surface area contributed by atoms with Crippen LogP contribution in [0, 0.1) is 0 Å². The standard InChI is InChI=1S/C4H5NO2S/c6-4(7)3-1-5-8-2-3/h1,5H,2H2,(H,6,7).